The maximum atomic E-state index is 14.2. The smallest absolute Gasteiger partial charge is 0.306 e. The number of hydrogen-bond acceptors (Lipinski definition) is 11. The van der Waals surface area contributed by atoms with Gasteiger partial charge < -0.3 is 30.0 Å². The first-order chi connectivity index (χ1) is 24.3. The van der Waals surface area contributed by atoms with E-state index in [1.165, 1.54) is 15.6 Å². The molecule has 3 heterocycles. The molecule has 2 saturated heterocycles. The first kappa shape index (κ1) is 39.6. The Bertz CT molecular complexity index is 1680. The minimum atomic E-state index is -4.01. The highest BCUT2D eigenvalue weighted by Gasteiger charge is 2.55. The molecule has 6 atom stereocenters. The van der Waals surface area contributed by atoms with Crippen molar-refractivity contribution < 1.29 is 32.5 Å². The summed E-state index contributed by atoms with van der Waals surface area (Å²) in [6.45, 7) is 13.8. The molecule has 13 heteroatoms. The lowest BCUT2D eigenvalue weighted by atomic mass is 9.77. The van der Waals surface area contributed by atoms with E-state index < -0.39 is 40.4 Å². The zero-order valence-electron chi connectivity index (χ0n) is 30.8. The lowest BCUT2D eigenvalue weighted by Gasteiger charge is -2.42. The normalized spacial score (nSPS) is 23.5. The van der Waals surface area contributed by atoms with Gasteiger partial charge in [-0.05, 0) is 62.9 Å². The minimum Gasteiger partial charge on any atom is -0.462 e. The van der Waals surface area contributed by atoms with Crippen molar-refractivity contribution in [3.8, 4) is 0 Å². The fourth-order valence-electron chi connectivity index (χ4n) is 7.53. The van der Waals surface area contributed by atoms with Crippen LogP contribution in [0, 0.1) is 17.8 Å². The Balaban J connectivity index is 1.37. The summed E-state index contributed by atoms with van der Waals surface area (Å²) in [5.74, 6) is -1.18. The van der Waals surface area contributed by atoms with E-state index in [1.807, 2.05) is 58.0 Å². The van der Waals surface area contributed by atoms with Crippen molar-refractivity contribution in [2.24, 2.45) is 17.8 Å². The highest BCUT2D eigenvalue weighted by molar-refractivity contribution is 7.89. The third kappa shape index (κ3) is 9.67. The van der Waals surface area contributed by atoms with E-state index in [9.17, 15) is 18.3 Å². The molecule has 0 bridgehead atoms. The van der Waals surface area contributed by atoms with Crippen molar-refractivity contribution >= 4 is 42.7 Å². The topological polar surface area (TPSA) is 139 Å². The quantitative estimate of drug-likeness (QED) is 0.137. The number of aliphatic hydroxyl groups excluding tert-OH is 1. The number of aliphatic hydroxyl groups is 1. The lowest BCUT2D eigenvalue weighted by molar-refractivity contribution is -0.199. The van der Waals surface area contributed by atoms with Crippen LogP contribution in [0.25, 0.3) is 10.2 Å². The van der Waals surface area contributed by atoms with E-state index in [1.54, 1.807) is 18.2 Å². The monoisotopic (exact) mass is 744 g/mol. The summed E-state index contributed by atoms with van der Waals surface area (Å²) in [4.78, 5) is 18.6. The number of sulfonamides is 1. The Labute approximate surface area is 307 Å². The highest BCUT2D eigenvalue weighted by atomic mass is 32.2. The zero-order valence-corrected chi connectivity index (χ0v) is 32.5. The number of fused-ring (bicyclic) bond motifs is 2. The molecule has 2 aliphatic rings. The standard InChI is InChI=1S/C38H56N4O7S2/c1-7-17-38(39-8-2)24-48-36-35(38)32(16-18-47-36)49-34(44)20-28(19-27-12-10-9-11-13-27)31(43)23-42(22-25(3)4)51(45,46)29-14-15-30-33(21-29)50-37(41-30)40-26(5)6/h9-15,21,25-26,28,31-32,35-36,39,43H,7-8,16-20,22-24H2,1-6H3,(H,40,41)/t28-,31-,32+,35+,36+,38+/m1/s1. The van der Waals surface area contributed by atoms with Crippen LogP contribution in [0.5, 0.6) is 0 Å². The van der Waals surface area contributed by atoms with Crippen molar-refractivity contribution in [3.63, 3.8) is 0 Å². The Kier molecular flexibility index (Phi) is 13.5. The number of ether oxygens (including phenoxy) is 3. The number of esters is 1. The van der Waals surface area contributed by atoms with Gasteiger partial charge in [0.15, 0.2) is 11.4 Å². The van der Waals surface area contributed by atoms with E-state index in [2.05, 4.69) is 29.5 Å². The molecule has 3 aromatic rings. The van der Waals surface area contributed by atoms with Crippen molar-refractivity contribution in [2.75, 3.05) is 38.2 Å². The summed E-state index contributed by atoms with van der Waals surface area (Å²) in [5.41, 5.74) is 1.30. The van der Waals surface area contributed by atoms with Crippen LogP contribution < -0.4 is 10.6 Å². The summed E-state index contributed by atoms with van der Waals surface area (Å²) in [5, 5.41) is 19.5. The summed E-state index contributed by atoms with van der Waals surface area (Å²) < 4.78 is 48.9. The Hall–Kier alpha value is -2.65. The van der Waals surface area contributed by atoms with Gasteiger partial charge in [-0.25, -0.2) is 13.4 Å². The summed E-state index contributed by atoms with van der Waals surface area (Å²) in [6.07, 6.45) is 0.667. The van der Waals surface area contributed by atoms with Gasteiger partial charge >= 0.3 is 5.97 Å². The van der Waals surface area contributed by atoms with Gasteiger partial charge in [-0.2, -0.15) is 4.31 Å². The first-order valence-electron chi connectivity index (χ1n) is 18.4. The highest BCUT2D eigenvalue weighted by Crippen LogP contribution is 2.42. The van der Waals surface area contributed by atoms with Gasteiger partial charge in [0.2, 0.25) is 10.0 Å². The van der Waals surface area contributed by atoms with E-state index >= 15 is 0 Å². The molecule has 0 saturated carbocycles. The fraction of sp³-hybridized carbons (Fsp3) is 0.632. The number of hydrogen-bond donors (Lipinski definition) is 3. The summed E-state index contributed by atoms with van der Waals surface area (Å²) >= 11 is 1.41. The molecule has 0 unspecified atom stereocenters. The largest absolute Gasteiger partial charge is 0.462 e. The number of nitrogens with zero attached hydrogens (tertiary/aromatic N) is 2. The fourth-order valence-corrected chi connectivity index (χ4v) is 10.3. The minimum absolute atomic E-state index is 0.00583. The second kappa shape index (κ2) is 17.5. The van der Waals surface area contributed by atoms with Gasteiger partial charge in [-0.1, -0.05) is 75.8 Å². The van der Waals surface area contributed by atoms with Crippen LogP contribution >= 0.6 is 11.3 Å². The molecule has 0 radical (unpaired) electrons. The van der Waals surface area contributed by atoms with Gasteiger partial charge in [0.25, 0.3) is 0 Å². The number of anilines is 1. The second-order valence-corrected chi connectivity index (χ2v) is 17.7. The average Bonchev–Trinajstić information content (AvgIpc) is 3.65. The summed E-state index contributed by atoms with van der Waals surface area (Å²) in [6, 6.07) is 14.8. The second-order valence-electron chi connectivity index (χ2n) is 14.7. The number of rotatable bonds is 18. The molecule has 0 aliphatic carbocycles. The van der Waals surface area contributed by atoms with Crippen molar-refractivity contribution in [3.05, 3.63) is 54.1 Å². The number of likely N-dealkylation sites (N-methyl/N-ethyl adjacent to an activating group) is 1. The molecule has 2 fully saturated rings. The SMILES string of the molecule is CCC[C@]1(NCC)CO[C@@H]2OCC[C@H](OC(=O)C[C@@H](Cc3ccccc3)[C@H](O)CN(CC(C)C)S(=O)(=O)c3ccc4nc(NC(C)C)sc4c3)[C@@H]21. The predicted octanol–water partition coefficient (Wildman–Crippen LogP) is 5.83. The molecule has 2 aromatic carbocycles. The van der Waals surface area contributed by atoms with Crippen LogP contribution in [0.4, 0.5) is 5.13 Å². The molecule has 5 rings (SSSR count). The van der Waals surface area contributed by atoms with Crippen LogP contribution in [-0.2, 0) is 35.4 Å². The van der Waals surface area contributed by atoms with E-state index in [0.29, 0.717) is 26.1 Å². The van der Waals surface area contributed by atoms with Crippen LogP contribution in [0.1, 0.15) is 72.8 Å². The number of thiazole rings is 1. The van der Waals surface area contributed by atoms with Crippen molar-refractivity contribution in [2.45, 2.75) is 109 Å². The van der Waals surface area contributed by atoms with Crippen molar-refractivity contribution in [1.82, 2.24) is 14.6 Å². The molecular weight excluding hydrogens is 689 g/mol. The Morgan fingerprint density at radius 3 is 2.57 bits per heavy atom. The predicted molar refractivity (Wildman–Crippen MR) is 201 cm³/mol. The maximum absolute atomic E-state index is 14.2. The van der Waals surface area contributed by atoms with E-state index in [4.69, 9.17) is 14.2 Å². The van der Waals surface area contributed by atoms with Gasteiger partial charge in [-0.3, -0.25) is 4.79 Å². The number of aromatic nitrogens is 1. The first-order valence-corrected chi connectivity index (χ1v) is 20.7. The molecule has 11 nitrogen and oxygen atoms in total. The molecule has 0 spiro atoms. The van der Waals surface area contributed by atoms with Gasteiger partial charge in [0.05, 0.1) is 52.3 Å². The maximum Gasteiger partial charge on any atom is 0.306 e. The Morgan fingerprint density at radius 1 is 1.12 bits per heavy atom. The average molecular weight is 745 g/mol. The van der Waals surface area contributed by atoms with Crippen LogP contribution in [0.15, 0.2) is 53.4 Å². The van der Waals surface area contributed by atoms with Gasteiger partial charge in [0, 0.05) is 31.5 Å². The van der Waals surface area contributed by atoms with Crippen molar-refractivity contribution in [1.29, 1.82) is 0 Å². The zero-order chi connectivity index (χ0) is 36.8. The molecule has 0 amide bonds. The lowest BCUT2D eigenvalue weighted by Crippen LogP contribution is -2.58. The molecular formula is C38H56N4O7S2. The molecule has 3 N–H and O–H groups in total. The number of carbonyl (C=O) groups is 1. The van der Waals surface area contributed by atoms with Crippen LogP contribution in [0.2, 0.25) is 0 Å². The molecule has 2 aliphatic heterocycles. The van der Waals surface area contributed by atoms with E-state index in [-0.39, 0.29) is 47.8 Å². The third-order valence-corrected chi connectivity index (χ3v) is 12.5. The van der Waals surface area contributed by atoms with E-state index in [0.717, 1.165) is 40.3 Å². The van der Waals surface area contributed by atoms with Gasteiger partial charge in [0.1, 0.15) is 6.10 Å². The molecule has 51 heavy (non-hydrogen) atoms. The third-order valence-electron chi connectivity index (χ3n) is 9.71. The van der Waals surface area contributed by atoms with Gasteiger partial charge in [-0.15, -0.1) is 0 Å². The number of carbonyl (C=O) groups excluding carboxylic acids is 1. The Morgan fingerprint density at radius 2 is 1.88 bits per heavy atom. The number of nitrogens with one attached hydrogen (secondary N) is 2. The summed E-state index contributed by atoms with van der Waals surface area (Å²) in [7, 11) is -4.01. The number of benzene rings is 2. The van der Waals surface area contributed by atoms with Crippen LogP contribution in [-0.4, -0.2) is 91.7 Å². The molecule has 1 aromatic heterocycles. The molecule has 282 valence electrons. The van der Waals surface area contributed by atoms with Crippen LogP contribution in [0.3, 0.4) is 0 Å².